The molecule has 1 aliphatic heterocycles. The number of nitrogens with zero attached hydrogens (tertiary/aromatic N) is 2. The van der Waals surface area contributed by atoms with Crippen molar-refractivity contribution in [1.82, 2.24) is 4.98 Å². The van der Waals surface area contributed by atoms with Crippen LogP contribution < -0.4 is 4.90 Å². The summed E-state index contributed by atoms with van der Waals surface area (Å²) in [6, 6.07) is 8.60. The van der Waals surface area contributed by atoms with Crippen LogP contribution >= 0.6 is 0 Å². The molecule has 0 fully saturated rings. The Bertz CT molecular complexity index is 862. The molecule has 1 unspecified atom stereocenters. The van der Waals surface area contributed by atoms with E-state index >= 15 is 0 Å². The van der Waals surface area contributed by atoms with Crippen LogP contribution in [-0.2, 0) is 0 Å². The first-order chi connectivity index (χ1) is 10.2. The minimum absolute atomic E-state index is 0.440. The molecule has 3 heterocycles. The molecular formula is C18H18N2O. The van der Waals surface area contributed by atoms with Crippen molar-refractivity contribution in [3.63, 3.8) is 0 Å². The predicted molar refractivity (Wildman–Crippen MR) is 86.5 cm³/mol. The van der Waals surface area contributed by atoms with E-state index in [1.807, 2.05) is 18.3 Å². The maximum absolute atomic E-state index is 6.12. The van der Waals surface area contributed by atoms with Crippen LogP contribution in [0, 0.1) is 12.8 Å². The van der Waals surface area contributed by atoms with Crippen LogP contribution in [0.25, 0.3) is 22.1 Å². The molecule has 0 saturated heterocycles. The van der Waals surface area contributed by atoms with Crippen molar-refractivity contribution in [1.29, 1.82) is 0 Å². The first kappa shape index (κ1) is 12.5. The summed E-state index contributed by atoms with van der Waals surface area (Å²) in [6.07, 6.45) is 6.25. The van der Waals surface area contributed by atoms with E-state index in [0.717, 1.165) is 22.1 Å². The van der Waals surface area contributed by atoms with Gasteiger partial charge in [-0.05, 0) is 43.5 Å². The van der Waals surface area contributed by atoms with Gasteiger partial charge in [0.15, 0.2) is 11.2 Å². The zero-order valence-corrected chi connectivity index (χ0v) is 12.5. The lowest BCUT2D eigenvalue weighted by atomic mass is 10.0. The highest BCUT2D eigenvalue weighted by Crippen LogP contribution is 2.39. The fourth-order valence-corrected chi connectivity index (χ4v) is 3.12. The molecule has 3 aromatic rings. The molecule has 0 amide bonds. The van der Waals surface area contributed by atoms with E-state index in [4.69, 9.17) is 4.42 Å². The average Bonchev–Trinajstić information content (AvgIpc) is 3.01. The summed E-state index contributed by atoms with van der Waals surface area (Å²) < 4.78 is 6.12. The molecule has 1 aromatic carbocycles. The second-order valence-corrected chi connectivity index (χ2v) is 5.91. The highest BCUT2D eigenvalue weighted by atomic mass is 16.3. The number of pyridine rings is 1. The monoisotopic (exact) mass is 278 g/mol. The summed E-state index contributed by atoms with van der Waals surface area (Å²) in [7, 11) is 0. The number of rotatable bonds is 1. The van der Waals surface area contributed by atoms with E-state index in [-0.39, 0.29) is 0 Å². The van der Waals surface area contributed by atoms with Gasteiger partial charge < -0.3 is 9.32 Å². The van der Waals surface area contributed by atoms with Crippen LogP contribution in [0.1, 0.15) is 19.4 Å². The lowest BCUT2D eigenvalue weighted by molar-refractivity contribution is 0.596. The third-order valence-electron chi connectivity index (χ3n) is 4.58. The standard InChI is InChI=1S/C18H18N2O/c1-11-8-10-20(13(11)3)17-12(2)6-7-14-16-15(21-18(14)17)5-4-9-19-16/h4-11,13H,1-3H3/t11?,13-/m0/s1. The quantitative estimate of drug-likeness (QED) is 0.649. The summed E-state index contributed by atoms with van der Waals surface area (Å²) in [5, 5.41) is 1.09. The molecular weight excluding hydrogens is 260 g/mol. The highest BCUT2D eigenvalue weighted by Gasteiger charge is 2.27. The van der Waals surface area contributed by atoms with Crippen molar-refractivity contribution in [2.75, 3.05) is 4.90 Å². The molecule has 1 aliphatic rings. The predicted octanol–water partition coefficient (Wildman–Crippen LogP) is 4.65. The first-order valence-electron chi connectivity index (χ1n) is 7.40. The number of furan rings is 1. The summed E-state index contributed by atoms with van der Waals surface area (Å²) in [5.74, 6) is 0.544. The van der Waals surface area contributed by atoms with Gasteiger partial charge in [0, 0.05) is 23.8 Å². The topological polar surface area (TPSA) is 29.3 Å². The second-order valence-electron chi connectivity index (χ2n) is 5.91. The van der Waals surface area contributed by atoms with Crippen LogP contribution in [0.15, 0.2) is 47.2 Å². The zero-order valence-electron chi connectivity index (χ0n) is 12.5. The van der Waals surface area contributed by atoms with E-state index in [0.29, 0.717) is 12.0 Å². The number of anilines is 1. The maximum Gasteiger partial charge on any atom is 0.160 e. The van der Waals surface area contributed by atoms with Gasteiger partial charge in [-0.25, -0.2) is 0 Å². The average molecular weight is 278 g/mol. The lowest BCUT2D eigenvalue weighted by Crippen LogP contribution is -2.28. The van der Waals surface area contributed by atoms with E-state index in [9.17, 15) is 0 Å². The molecule has 2 aromatic heterocycles. The SMILES string of the molecule is Cc1ccc2c(oc3cccnc32)c1N1C=CC(C)[C@@H]1C. The molecule has 0 N–H and O–H groups in total. The lowest BCUT2D eigenvalue weighted by Gasteiger charge is -2.26. The molecule has 0 spiro atoms. The molecule has 0 radical (unpaired) electrons. The molecule has 0 bridgehead atoms. The van der Waals surface area contributed by atoms with Crippen molar-refractivity contribution in [3.05, 3.63) is 48.3 Å². The number of aryl methyl sites for hydroxylation is 1. The Morgan fingerprint density at radius 1 is 1.19 bits per heavy atom. The Kier molecular flexibility index (Phi) is 2.58. The van der Waals surface area contributed by atoms with Crippen molar-refractivity contribution < 1.29 is 4.42 Å². The van der Waals surface area contributed by atoms with Crippen LogP contribution in [0.3, 0.4) is 0 Å². The Morgan fingerprint density at radius 3 is 2.81 bits per heavy atom. The van der Waals surface area contributed by atoms with Crippen LogP contribution in [0.2, 0.25) is 0 Å². The number of aromatic nitrogens is 1. The molecule has 21 heavy (non-hydrogen) atoms. The Morgan fingerprint density at radius 2 is 2.05 bits per heavy atom. The third kappa shape index (κ3) is 1.70. The summed E-state index contributed by atoms with van der Waals surface area (Å²) in [5.41, 5.74) is 5.13. The van der Waals surface area contributed by atoms with Gasteiger partial charge in [-0.1, -0.05) is 19.1 Å². The smallest absolute Gasteiger partial charge is 0.160 e. The van der Waals surface area contributed by atoms with Gasteiger partial charge in [0.25, 0.3) is 0 Å². The van der Waals surface area contributed by atoms with Gasteiger partial charge >= 0.3 is 0 Å². The fourth-order valence-electron chi connectivity index (χ4n) is 3.12. The highest BCUT2D eigenvalue weighted by molar-refractivity contribution is 6.07. The van der Waals surface area contributed by atoms with E-state index in [1.165, 1.54) is 11.3 Å². The van der Waals surface area contributed by atoms with E-state index in [1.54, 1.807) is 0 Å². The summed E-state index contributed by atoms with van der Waals surface area (Å²) in [6.45, 7) is 6.64. The summed E-state index contributed by atoms with van der Waals surface area (Å²) >= 11 is 0. The molecule has 3 nitrogen and oxygen atoms in total. The van der Waals surface area contributed by atoms with Gasteiger partial charge in [0.2, 0.25) is 0 Å². The number of benzene rings is 1. The molecule has 106 valence electrons. The fraction of sp³-hybridized carbons (Fsp3) is 0.278. The Hall–Kier alpha value is -2.29. The van der Waals surface area contributed by atoms with Crippen molar-refractivity contribution in [3.8, 4) is 0 Å². The van der Waals surface area contributed by atoms with Gasteiger partial charge in [-0.2, -0.15) is 0 Å². The molecule has 2 atom stereocenters. The van der Waals surface area contributed by atoms with Crippen LogP contribution in [-0.4, -0.2) is 11.0 Å². The zero-order chi connectivity index (χ0) is 14.6. The normalized spacial score (nSPS) is 21.8. The molecule has 3 heteroatoms. The first-order valence-corrected chi connectivity index (χ1v) is 7.40. The molecule has 4 rings (SSSR count). The van der Waals surface area contributed by atoms with Gasteiger partial charge in [0.05, 0.1) is 5.69 Å². The van der Waals surface area contributed by atoms with Crippen LogP contribution in [0.5, 0.6) is 0 Å². The van der Waals surface area contributed by atoms with Gasteiger partial charge in [-0.3, -0.25) is 4.98 Å². The van der Waals surface area contributed by atoms with Gasteiger partial charge in [0.1, 0.15) is 5.52 Å². The van der Waals surface area contributed by atoms with Crippen molar-refractivity contribution in [2.45, 2.75) is 26.8 Å². The van der Waals surface area contributed by atoms with Crippen molar-refractivity contribution >= 4 is 27.8 Å². The number of fused-ring (bicyclic) bond motifs is 3. The van der Waals surface area contributed by atoms with E-state index in [2.05, 4.69) is 55.1 Å². The summed E-state index contributed by atoms with van der Waals surface area (Å²) in [4.78, 5) is 6.79. The second kappa shape index (κ2) is 4.35. The van der Waals surface area contributed by atoms with Gasteiger partial charge in [-0.15, -0.1) is 0 Å². The van der Waals surface area contributed by atoms with Crippen LogP contribution in [0.4, 0.5) is 5.69 Å². The largest absolute Gasteiger partial charge is 0.452 e. The minimum atomic E-state index is 0.440. The third-order valence-corrected chi connectivity index (χ3v) is 4.58. The molecule has 0 saturated carbocycles. The minimum Gasteiger partial charge on any atom is -0.452 e. The maximum atomic E-state index is 6.12. The Labute approximate surface area is 123 Å². The molecule has 0 aliphatic carbocycles. The number of hydrogen-bond donors (Lipinski definition) is 0. The van der Waals surface area contributed by atoms with Crippen molar-refractivity contribution in [2.24, 2.45) is 5.92 Å². The van der Waals surface area contributed by atoms with E-state index < -0.39 is 0 Å². The number of hydrogen-bond acceptors (Lipinski definition) is 3. The Balaban J connectivity index is 2.04.